The predicted octanol–water partition coefficient (Wildman–Crippen LogP) is 1.43. The Labute approximate surface area is 145 Å². The molecular weight excluding hydrogens is 322 g/mol. The van der Waals surface area contributed by atoms with Crippen molar-refractivity contribution in [3.05, 3.63) is 29.8 Å². The molecule has 0 saturated heterocycles. The fourth-order valence-corrected chi connectivity index (χ4v) is 2.26. The molecule has 8 heteroatoms. The zero-order valence-electron chi connectivity index (χ0n) is 14.3. The van der Waals surface area contributed by atoms with Gasteiger partial charge in [0.15, 0.2) is 0 Å². The molecule has 0 unspecified atom stereocenters. The first-order chi connectivity index (χ1) is 12.0. The minimum absolute atomic E-state index is 0.0226. The van der Waals surface area contributed by atoms with Crippen LogP contribution in [0.4, 0.5) is 0 Å². The van der Waals surface area contributed by atoms with Gasteiger partial charge in [-0.05, 0) is 50.0 Å². The Morgan fingerprint density at radius 2 is 2.16 bits per heavy atom. The van der Waals surface area contributed by atoms with Gasteiger partial charge in [-0.1, -0.05) is 12.1 Å². The van der Waals surface area contributed by atoms with Crippen molar-refractivity contribution in [2.24, 2.45) is 5.92 Å². The number of carbonyl (C=O) groups excluding carboxylic acids is 2. The molecule has 0 aliphatic heterocycles. The molecule has 1 aliphatic carbocycles. The fourth-order valence-electron chi connectivity index (χ4n) is 2.26. The van der Waals surface area contributed by atoms with E-state index in [1.165, 1.54) is 17.6 Å². The summed E-state index contributed by atoms with van der Waals surface area (Å²) in [6.07, 6.45) is 2.17. The van der Waals surface area contributed by atoms with Gasteiger partial charge in [0, 0.05) is 12.1 Å². The zero-order valence-corrected chi connectivity index (χ0v) is 14.3. The van der Waals surface area contributed by atoms with Gasteiger partial charge in [-0.3, -0.25) is 4.79 Å². The van der Waals surface area contributed by atoms with Crippen molar-refractivity contribution < 1.29 is 14.3 Å². The van der Waals surface area contributed by atoms with E-state index in [4.69, 9.17) is 4.74 Å². The summed E-state index contributed by atoms with van der Waals surface area (Å²) < 4.78 is 5.18. The molecule has 1 aromatic carbocycles. The summed E-state index contributed by atoms with van der Waals surface area (Å²) in [6, 6.07) is 6.83. The number of amides is 1. The van der Waals surface area contributed by atoms with Crippen LogP contribution >= 0.6 is 0 Å². The molecule has 1 aliphatic rings. The van der Waals surface area contributed by atoms with E-state index >= 15 is 0 Å². The van der Waals surface area contributed by atoms with E-state index < -0.39 is 5.97 Å². The number of hydrogen-bond donors (Lipinski definition) is 1. The van der Waals surface area contributed by atoms with Gasteiger partial charge in [0.2, 0.25) is 11.7 Å². The predicted molar refractivity (Wildman–Crippen MR) is 89.5 cm³/mol. The van der Waals surface area contributed by atoms with E-state index in [0.717, 1.165) is 0 Å². The van der Waals surface area contributed by atoms with Crippen LogP contribution in [0.1, 0.15) is 37.0 Å². The molecule has 2 aromatic rings. The number of aromatic nitrogens is 4. The number of nitrogens with one attached hydrogen (secondary N) is 1. The van der Waals surface area contributed by atoms with Crippen LogP contribution in [0.5, 0.6) is 0 Å². The summed E-state index contributed by atoms with van der Waals surface area (Å²) in [4.78, 5) is 25.1. The van der Waals surface area contributed by atoms with Crippen LogP contribution in [0.2, 0.25) is 0 Å². The molecule has 1 saturated carbocycles. The number of nitrogens with zero attached hydrogens (tertiary/aromatic N) is 4. The molecule has 0 radical (unpaired) electrons. The van der Waals surface area contributed by atoms with Crippen molar-refractivity contribution in [1.29, 1.82) is 0 Å². The van der Waals surface area contributed by atoms with Gasteiger partial charge in [-0.15, -0.1) is 10.2 Å². The second-order valence-corrected chi connectivity index (χ2v) is 6.43. The first-order valence-corrected chi connectivity index (χ1v) is 8.37. The Morgan fingerprint density at radius 3 is 2.88 bits per heavy atom. The van der Waals surface area contributed by atoms with Gasteiger partial charge in [0.1, 0.15) is 6.54 Å². The van der Waals surface area contributed by atoms with E-state index in [1.54, 1.807) is 38.1 Å². The van der Waals surface area contributed by atoms with Crippen molar-refractivity contribution in [2.45, 2.75) is 39.3 Å². The SMILES string of the molecule is CC(C)OC(=O)c1cccc(-c2nnn(CC(=O)NCC3CC3)n2)c1. The third-order valence-electron chi connectivity index (χ3n) is 3.72. The summed E-state index contributed by atoms with van der Waals surface area (Å²) in [7, 11) is 0. The van der Waals surface area contributed by atoms with Crippen LogP contribution in [0.15, 0.2) is 24.3 Å². The third-order valence-corrected chi connectivity index (χ3v) is 3.72. The van der Waals surface area contributed by atoms with Gasteiger partial charge in [0.25, 0.3) is 0 Å². The lowest BCUT2D eigenvalue weighted by molar-refractivity contribution is -0.122. The normalized spacial score (nSPS) is 13.7. The Hall–Kier alpha value is -2.77. The highest BCUT2D eigenvalue weighted by molar-refractivity contribution is 5.90. The van der Waals surface area contributed by atoms with Crippen LogP contribution < -0.4 is 5.32 Å². The first kappa shape index (κ1) is 17.1. The van der Waals surface area contributed by atoms with Crippen LogP contribution in [0, 0.1) is 5.92 Å². The quantitative estimate of drug-likeness (QED) is 0.764. The summed E-state index contributed by atoms with van der Waals surface area (Å²) in [5, 5.41) is 14.9. The number of carbonyl (C=O) groups is 2. The molecular formula is C17H21N5O3. The standard InChI is InChI=1S/C17H21N5O3/c1-11(2)25-17(24)14-5-3-4-13(8-14)16-19-21-22(20-16)10-15(23)18-9-12-6-7-12/h3-5,8,11-12H,6-7,9-10H2,1-2H3,(H,18,23). The largest absolute Gasteiger partial charge is 0.459 e. The Balaban J connectivity index is 1.64. The van der Waals surface area contributed by atoms with E-state index in [-0.39, 0.29) is 18.6 Å². The molecule has 1 N–H and O–H groups in total. The molecule has 0 spiro atoms. The fraction of sp³-hybridized carbons (Fsp3) is 0.471. The van der Waals surface area contributed by atoms with E-state index in [2.05, 4.69) is 20.7 Å². The van der Waals surface area contributed by atoms with Crippen molar-refractivity contribution in [1.82, 2.24) is 25.5 Å². The second-order valence-electron chi connectivity index (χ2n) is 6.43. The lowest BCUT2D eigenvalue weighted by atomic mass is 10.1. The monoisotopic (exact) mass is 343 g/mol. The maximum atomic E-state index is 12.0. The van der Waals surface area contributed by atoms with Gasteiger partial charge >= 0.3 is 5.97 Å². The first-order valence-electron chi connectivity index (χ1n) is 8.37. The van der Waals surface area contributed by atoms with Crippen LogP contribution in [0.25, 0.3) is 11.4 Å². The Kier molecular flexibility index (Phi) is 5.06. The van der Waals surface area contributed by atoms with E-state index in [9.17, 15) is 9.59 Å². The molecule has 1 aromatic heterocycles. The average Bonchev–Trinajstić information content (AvgIpc) is 3.30. The Morgan fingerprint density at radius 1 is 1.36 bits per heavy atom. The number of ether oxygens (including phenoxy) is 1. The summed E-state index contributed by atoms with van der Waals surface area (Å²) in [5.41, 5.74) is 1.06. The minimum atomic E-state index is -0.399. The van der Waals surface area contributed by atoms with Gasteiger partial charge in [-0.2, -0.15) is 4.80 Å². The molecule has 8 nitrogen and oxygen atoms in total. The summed E-state index contributed by atoms with van der Waals surface area (Å²) in [6.45, 7) is 4.32. The van der Waals surface area contributed by atoms with Crippen molar-refractivity contribution >= 4 is 11.9 Å². The highest BCUT2D eigenvalue weighted by Gasteiger charge is 2.21. The molecule has 0 bridgehead atoms. The second kappa shape index (κ2) is 7.42. The van der Waals surface area contributed by atoms with Crippen LogP contribution in [-0.2, 0) is 16.1 Å². The molecule has 25 heavy (non-hydrogen) atoms. The third kappa shape index (κ3) is 4.85. The lowest BCUT2D eigenvalue weighted by Crippen LogP contribution is -2.30. The maximum absolute atomic E-state index is 12.0. The lowest BCUT2D eigenvalue weighted by Gasteiger charge is -2.08. The van der Waals surface area contributed by atoms with Crippen LogP contribution in [-0.4, -0.2) is 44.7 Å². The maximum Gasteiger partial charge on any atom is 0.338 e. The zero-order chi connectivity index (χ0) is 17.8. The van der Waals surface area contributed by atoms with Crippen molar-refractivity contribution in [2.75, 3.05) is 6.54 Å². The highest BCUT2D eigenvalue weighted by atomic mass is 16.5. The number of rotatable bonds is 7. The Bertz CT molecular complexity index is 767. The molecule has 1 amide bonds. The minimum Gasteiger partial charge on any atom is -0.459 e. The van der Waals surface area contributed by atoms with Crippen molar-refractivity contribution in [3.63, 3.8) is 0 Å². The summed E-state index contributed by atoms with van der Waals surface area (Å²) >= 11 is 0. The number of hydrogen-bond acceptors (Lipinski definition) is 6. The number of tetrazole rings is 1. The molecule has 0 atom stereocenters. The summed E-state index contributed by atoms with van der Waals surface area (Å²) in [5.74, 6) is 0.444. The van der Waals surface area contributed by atoms with Gasteiger partial charge < -0.3 is 10.1 Å². The molecule has 1 heterocycles. The van der Waals surface area contributed by atoms with Crippen molar-refractivity contribution in [3.8, 4) is 11.4 Å². The smallest absolute Gasteiger partial charge is 0.338 e. The van der Waals surface area contributed by atoms with E-state index in [0.29, 0.717) is 29.4 Å². The molecule has 3 rings (SSSR count). The van der Waals surface area contributed by atoms with Crippen LogP contribution in [0.3, 0.4) is 0 Å². The van der Waals surface area contributed by atoms with Gasteiger partial charge in [0.05, 0.1) is 11.7 Å². The average molecular weight is 343 g/mol. The number of benzene rings is 1. The number of esters is 1. The molecule has 132 valence electrons. The van der Waals surface area contributed by atoms with Gasteiger partial charge in [-0.25, -0.2) is 4.79 Å². The molecule has 1 fully saturated rings. The van der Waals surface area contributed by atoms with E-state index in [1.807, 2.05) is 0 Å². The highest BCUT2D eigenvalue weighted by Crippen LogP contribution is 2.27. The topological polar surface area (TPSA) is 99.0 Å².